The van der Waals surface area contributed by atoms with Crippen LogP contribution in [0.5, 0.6) is 5.75 Å². The molecule has 1 amide bonds. The minimum absolute atomic E-state index is 0.101. The van der Waals surface area contributed by atoms with Gasteiger partial charge in [0.05, 0.1) is 13.2 Å². The lowest BCUT2D eigenvalue weighted by molar-refractivity contribution is 0.0757. The predicted molar refractivity (Wildman–Crippen MR) is 113 cm³/mol. The van der Waals surface area contributed by atoms with Crippen molar-refractivity contribution in [2.75, 3.05) is 25.0 Å². The van der Waals surface area contributed by atoms with Crippen molar-refractivity contribution in [2.45, 2.75) is 38.2 Å². The number of aryl methyl sites for hydroxylation is 1. The van der Waals surface area contributed by atoms with E-state index in [0.29, 0.717) is 25.3 Å². The summed E-state index contributed by atoms with van der Waals surface area (Å²) in [5, 5.41) is 2.77. The molecule has 0 aliphatic carbocycles. The first-order chi connectivity index (χ1) is 13.7. The van der Waals surface area contributed by atoms with Gasteiger partial charge in [-0.05, 0) is 57.5 Å². The maximum absolute atomic E-state index is 12.9. The van der Waals surface area contributed by atoms with E-state index in [0.717, 1.165) is 5.56 Å². The molecule has 0 atom stereocenters. The number of hydrogen-bond donors (Lipinski definition) is 2. The summed E-state index contributed by atoms with van der Waals surface area (Å²) < 4.78 is 38.9. The van der Waals surface area contributed by atoms with E-state index in [4.69, 9.17) is 9.47 Å². The normalized spacial score (nSPS) is 11.3. The smallest absolute Gasteiger partial charge is 0.265 e. The fourth-order valence-corrected chi connectivity index (χ4v) is 3.81. The molecule has 29 heavy (non-hydrogen) atoms. The van der Waals surface area contributed by atoms with Crippen LogP contribution in [0.15, 0.2) is 47.4 Å². The van der Waals surface area contributed by atoms with E-state index in [1.807, 2.05) is 32.9 Å². The van der Waals surface area contributed by atoms with E-state index < -0.39 is 10.0 Å². The van der Waals surface area contributed by atoms with Crippen LogP contribution in [0.1, 0.15) is 36.2 Å². The van der Waals surface area contributed by atoms with Gasteiger partial charge in [-0.3, -0.25) is 9.52 Å². The molecular formula is C21H28N2O5S. The zero-order valence-corrected chi connectivity index (χ0v) is 18.0. The number of benzene rings is 2. The van der Waals surface area contributed by atoms with Gasteiger partial charge in [-0.25, -0.2) is 8.42 Å². The van der Waals surface area contributed by atoms with Crippen LogP contribution in [0, 0.1) is 6.92 Å². The number of nitrogens with one attached hydrogen (secondary N) is 2. The second-order valence-corrected chi connectivity index (χ2v) is 8.52. The number of rotatable bonds is 10. The fourth-order valence-electron chi connectivity index (χ4n) is 2.55. The van der Waals surface area contributed by atoms with Gasteiger partial charge in [0.2, 0.25) is 0 Å². The second-order valence-electron chi connectivity index (χ2n) is 6.87. The average molecular weight is 421 g/mol. The summed E-state index contributed by atoms with van der Waals surface area (Å²) in [5.74, 6) is -0.199. The lowest BCUT2D eigenvalue weighted by Gasteiger charge is -2.13. The highest BCUT2D eigenvalue weighted by Crippen LogP contribution is 2.27. The van der Waals surface area contributed by atoms with Crippen molar-refractivity contribution in [2.24, 2.45) is 0 Å². The van der Waals surface area contributed by atoms with Gasteiger partial charge in [0.25, 0.3) is 15.9 Å². The monoisotopic (exact) mass is 420 g/mol. The third kappa shape index (κ3) is 6.76. The molecule has 0 saturated heterocycles. The number of sulfonamides is 1. The van der Waals surface area contributed by atoms with Crippen LogP contribution < -0.4 is 14.8 Å². The van der Waals surface area contributed by atoms with E-state index in [2.05, 4.69) is 10.0 Å². The van der Waals surface area contributed by atoms with Gasteiger partial charge in [0, 0.05) is 24.4 Å². The average Bonchev–Trinajstić information content (AvgIpc) is 2.68. The Morgan fingerprint density at radius 2 is 1.79 bits per heavy atom. The summed E-state index contributed by atoms with van der Waals surface area (Å²) in [5.41, 5.74) is 1.68. The van der Waals surface area contributed by atoms with E-state index >= 15 is 0 Å². The minimum atomic E-state index is -3.94. The van der Waals surface area contributed by atoms with Crippen LogP contribution in [-0.2, 0) is 14.8 Å². The van der Waals surface area contributed by atoms with Crippen molar-refractivity contribution in [3.05, 3.63) is 53.6 Å². The summed E-state index contributed by atoms with van der Waals surface area (Å²) in [6.45, 7) is 6.78. The maximum atomic E-state index is 12.9. The Kier molecular flexibility index (Phi) is 8.04. The van der Waals surface area contributed by atoms with Gasteiger partial charge in [-0.2, -0.15) is 0 Å². The summed E-state index contributed by atoms with van der Waals surface area (Å²) in [4.78, 5) is 12.3. The summed E-state index contributed by atoms with van der Waals surface area (Å²) in [6, 6.07) is 11.3. The van der Waals surface area contributed by atoms with E-state index in [1.54, 1.807) is 12.1 Å². The van der Waals surface area contributed by atoms with Crippen molar-refractivity contribution >= 4 is 21.6 Å². The van der Waals surface area contributed by atoms with Crippen LogP contribution in [0.25, 0.3) is 0 Å². The van der Waals surface area contributed by atoms with Crippen molar-refractivity contribution in [1.29, 1.82) is 0 Å². The number of anilines is 1. The predicted octanol–water partition coefficient (Wildman–Crippen LogP) is 3.35. The first kappa shape index (κ1) is 22.7. The molecule has 0 radical (unpaired) electrons. The zero-order chi connectivity index (χ0) is 21.4. The van der Waals surface area contributed by atoms with Crippen molar-refractivity contribution in [3.8, 4) is 5.75 Å². The van der Waals surface area contributed by atoms with Gasteiger partial charge in [0.15, 0.2) is 0 Å². The number of carbonyl (C=O) groups is 1. The molecule has 2 aromatic carbocycles. The van der Waals surface area contributed by atoms with Gasteiger partial charge in [-0.15, -0.1) is 0 Å². The largest absolute Gasteiger partial charge is 0.495 e. The molecule has 0 heterocycles. The quantitative estimate of drug-likeness (QED) is 0.575. The Labute approximate surface area is 172 Å². The second kappa shape index (κ2) is 10.3. The number of amides is 1. The van der Waals surface area contributed by atoms with Crippen molar-refractivity contribution in [1.82, 2.24) is 5.32 Å². The minimum Gasteiger partial charge on any atom is -0.495 e. The number of ether oxygens (including phenoxy) is 2. The van der Waals surface area contributed by atoms with Crippen LogP contribution >= 0.6 is 0 Å². The molecule has 2 N–H and O–H groups in total. The van der Waals surface area contributed by atoms with Gasteiger partial charge in [-0.1, -0.05) is 17.7 Å². The highest BCUT2D eigenvalue weighted by atomic mass is 32.2. The van der Waals surface area contributed by atoms with Crippen LogP contribution in [0.4, 0.5) is 5.69 Å². The summed E-state index contributed by atoms with van der Waals surface area (Å²) >= 11 is 0. The molecule has 158 valence electrons. The Hall–Kier alpha value is -2.58. The molecule has 0 unspecified atom stereocenters. The third-order valence-electron chi connectivity index (χ3n) is 4.08. The van der Waals surface area contributed by atoms with E-state index in [1.165, 1.54) is 25.3 Å². The zero-order valence-electron chi connectivity index (χ0n) is 17.2. The molecule has 0 aliphatic rings. The third-order valence-corrected chi connectivity index (χ3v) is 5.48. The molecule has 0 spiro atoms. The first-order valence-electron chi connectivity index (χ1n) is 9.40. The Bertz CT molecular complexity index is 925. The molecule has 0 saturated carbocycles. The fraction of sp³-hybridized carbons (Fsp3) is 0.381. The van der Waals surface area contributed by atoms with Gasteiger partial charge >= 0.3 is 0 Å². The molecule has 8 heteroatoms. The highest BCUT2D eigenvalue weighted by molar-refractivity contribution is 7.92. The molecule has 7 nitrogen and oxygen atoms in total. The highest BCUT2D eigenvalue weighted by Gasteiger charge is 2.22. The molecule has 2 rings (SSSR count). The molecule has 2 aromatic rings. The van der Waals surface area contributed by atoms with Crippen molar-refractivity contribution in [3.63, 3.8) is 0 Å². The lowest BCUT2D eigenvalue weighted by atomic mass is 10.2. The first-order valence-corrected chi connectivity index (χ1v) is 10.9. The molecule has 0 bridgehead atoms. The van der Waals surface area contributed by atoms with Gasteiger partial charge in [0.1, 0.15) is 10.6 Å². The molecule has 0 fully saturated rings. The van der Waals surface area contributed by atoms with Gasteiger partial charge < -0.3 is 14.8 Å². The number of hydrogen-bond acceptors (Lipinski definition) is 5. The van der Waals surface area contributed by atoms with Crippen molar-refractivity contribution < 1.29 is 22.7 Å². The number of carbonyl (C=O) groups excluding carboxylic acids is 1. The van der Waals surface area contributed by atoms with E-state index in [-0.39, 0.29) is 28.2 Å². The summed E-state index contributed by atoms with van der Waals surface area (Å²) in [6.07, 6.45) is 0.807. The summed E-state index contributed by atoms with van der Waals surface area (Å²) in [7, 11) is -2.55. The molecular weight excluding hydrogens is 392 g/mol. The lowest BCUT2D eigenvalue weighted by Crippen LogP contribution is -2.26. The van der Waals surface area contributed by atoms with Crippen LogP contribution in [0.2, 0.25) is 0 Å². The maximum Gasteiger partial charge on any atom is 0.265 e. The Morgan fingerprint density at radius 3 is 2.41 bits per heavy atom. The number of methoxy groups -OCH3 is 1. The van der Waals surface area contributed by atoms with Crippen LogP contribution in [0.3, 0.4) is 0 Å². The van der Waals surface area contributed by atoms with E-state index in [9.17, 15) is 13.2 Å². The standard InChI is InChI=1S/C21H28N2O5S/c1-15(2)28-13-5-12-22-21(24)17-8-11-19(27-4)20(14-17)29(25,26)23-18-9-6-16(3)7-10-18/h6-11,14-15,23H,5,12-13H2,1-4H3,(H,22,24). The SMILES string of the molecule is COc1ccc(C(=O)NCCCOC(C)C)cc1S(=O)(=O)Nc1ccc(C)cc1. The molecule has 0 aliphatic heterocycles. The van der Waals surface area contributed by atoms with Crippen LogP contribution in [-0.4, -0.2) is 40.7 Å². The Morgan fingerprint density at radius 1 is 1.10 bits per heavy atom. The topological polar surface area (TPSA) is 93.7 Å². The Balaban J connectivity index is 2.14. The molecule has 0 aromatic heterocycles.